The van der Waals surface area contributed by atoms with Crippen LogP contribution in [0.4, 0.5) is 10.5 Å². The summed E-state index contributed by atoms with van der Waals surface area (Å²) in [6, 6.07) is 11.9. The molecule has 3 rings (SSSR count). The molecule has 144 valence electrons. The predicted octanol–water partition coefficient (Wildman–Crippen LogP) is 1.84. The molecule has 0 aliphatic carbocycles. The van der Waals surface area contributed by atoms with Crippen molar-refractivity contribution in [3.05, 3.63) is 64.7 Å². The number of nitrogens with zero attached hydrogens (tertiary/aromatic N) is 1. The Morgan fingerprint density at radius 3 is 2.39 bits per heavy atom. The summed E-state index contributed by atoms with van der Waals surface area (Å²) in [4.78, 5) is 49.4. The number of nitrogens with two attached hydrogens (primary N) is 1. The molecule has 2 aromatic rings. The van der Waals surface area contributed by atoms with Crippen LogP contribution in [0.25, 0.3) is 0 Å². The van der Waals surface area contributed by atoms with E-state index in [0.717, 1.165) is 4.90 Å². The molecule has 1 heterocycles. The third kappa shape index (κ3) is 3.54. The van der Waals surface area contributed by atoms with Gasteiger partial charge in [-0.2, -0.15) is 0 Å². The fraction of sp³-hybridized carbons (Fsp3) is 0.158. The molecule has 1 saturated heterocycles. The third-order valence-electron chi connectivity index (χ3n) is 4.44. The van der Waals surface area contributed by atoms with Crippen LogP contribution in [0.2, 0.25) is 5.02 Å². The van der Waals surface area contributed by atoms with Gasteiger partial charge in [0, 0.05) is 21.8 Å². The summed E-state index contributed by atoms with van der Waals surface area (Å²) in [6.07, 6.45) is 0. The highest BCUT2D eigenvalue weighted by Crippen LogP contribution is 2.33. The smallest absolute Gasteiger partial charge is 0.325 e. The number of rotatable bonds is 5. The van der Waals surface area contributed by atoms with Crippen LogP contribution >= 0.6 is 11.6 Å². The molecule has 0 unspecified atom stereocenters. The third-order valence-corrected chi connectivity index (χ3v) is 4.77. The Balaban J connectivity index is 1.73. The van der Waals surface area contributed by atoms with E-state index in [1.807, 2.05) is 0 Å². The molecule has 4 N–H and O–H groups in total. The van der Waals surface area contributed by atoms with Crippen molar-refractivity contribution in [3.8, 4) is 0 Å². The van der Waals surface area contributed by atoms with Gasteiger partial charge in [-0.15, -0.1) is 0 Å². The standard InChI is InChI=1S/C19H17ClN4O4/c1-19(13-4-2-3-5-14(13)20)17(27)24(18(28)23-19)10-15(25)22-12-8-6-11(7-9-12)16(21)26/h2-9H,10H2,1H3,(H2,21,26)(H,22,25)(H,23,28)/t19-/m1/s1. The Kier molecular flexibility index (Phi) is 5.06. The van der Waals surface area contributed by atoms with Gasteiger partial charge in [0.15, 0.2) is 0 Å². The van der Waals surface area contributed by atoms with Crippen LogP contribution in [0.3, 0.4) is 0 Å². The fourth-order valence-electron chi connectivity index (χ4n) is 2.95. The number of amides is 5. The molecule has 2 aromatic carbocycles. The Morgan fingerprint density at radius 1 is 1.14 bits per heavy atom. The van der Waals surface area contributed by atoms with Crippen molar-refractivity contribution in [2.45, 2.75) is 12.5 Å². The molecule has 28 heavy (non-hydrogen) atoms. The second kappa shape index (κ2) is 7.32. The summed E-state index contributed by atoms with van der Waals surface area (Å²) in [7, 11) is 0. The minimum absolute atomic E-state index is 0.294. The molecule has 9 heteroatoms. The molecule has 0 aromatic heterocycles. The molecule has 1 aliphatic rings. The summed E-state index contributed by atoms with van der Waals surface area (Å²) < 4.78 is 0. The monoisotopic (exact) mass is 400 g/mol. The molecular formula is C19H17ClN4O4. The molecule has 1 fully saturated rings. The zero-order valence-electron chi connectivity index (χ0n) is 14.9. The van der Waals surface area contributed by atoms with Crippen molar-refractivity contribution in [3.63, 3.8) is 0 Å². The van der Waals surface area contributed by atoms with Crippen LogP contribution in [-0.2, 0) is 15.1 Å². The van der Waals surface area contributed by atoms with Crippen LogP contribution < -0.4 is 16.4 Å². The van der Waals surface area contributed by atoms with Gasteiger partial charge in [-0.25, -0.2) is 4.79 Å². The number of carbonyl (C=O) groups is 4. The molecule has 0 bridgehead atoms. The van der Waals surface area contributed by atoms with E-state index in [4.69, 9.17) is 17.3 Å². The van der Waals surface area contributed by atoms with E-state index in [1.54, 1.807) is 24.3 Å². The number of imide groups is 1. The Hall–Kier alpha value is -3.39. The molecule has 8 nitrogen and oxygen atoms in total. The van der Waals surface area contributed by atoms with Crippen LogP contribution in [0, 0.1) is 0 Å². The van der Waals surface area contributed by atoms with Gasteiger partial charge in [-0.3, -0.25) is 19.3 Å². The molecule has 0 saturated carbocycles. The highest BCUT2D eigenvalue weighted by Gasteiger charge is 2.50. The maximum atomic E-state index is 12.9. The van der Waals surface area contributed by atoms with Crippen LogP contribution in [-0.4, -0.2) is 35.2 Å². The van der Waals surface area contributed by atoms with Crippen molar-refractivity contribution in [2.75, 3.05) is 11.9 Å². The van der Waals surface area contributed by atoms with Crippen molar-refractivity contribution >= 4 is 41.0 Å². The number of benzene rings is 2. The number of hydrogen-bond acceptors (Lipinski definition) is 4. The lowest BCUT2D eigenvalue weighted by Gasteiger charge is -2.23. The van der Waals surface area contributed by atoms with E-state index < -0.39 is 35.8 Å². The second-order valence-corrected chi connectivity index (χ2v) is 6.82. The van der Waals surface area contributed by atoms with E-state index in [2.05, 4.69) is 10.6 Å². The second-order valence-electron chi connectivity index (χ2n) is 6.42. The van der Waals surface area contributed by atoms with E-state index in [1.165, 1.54) is 31.2 Å². The SMILES string of the molecule is C[C@]1(c2ccccc2Cl)NC(=O)N(CC(=O)Nc2ccc(C(N)=O)cc2)C1=O. The van der Waals surface area contributed by atoms with E-state index in [9.17, 15) is 19.2 Å². The van der Waals surface area contributed by atoms with Gasteiger partial charge in [0.05, 0.1) is 0 Å². The summed E-state index contributed by atoms with van der Waals surface area (Å²) in [5.74, 6) is -1.74. The number of nitrogens with one attached hydrogen (secondary N) is 2. The number of primary amides is 1. The van der Waals surface area contributed by atoms with Crippen molar-refractivity contribution in [1.29, 1.82) is 0 Å². The fourth-order valence-corrected chi connectivity index (χ4v) is 3.28. The highest BCUT2D eigenvalue weighted by atomic mass is 35.5. The van der Waals surface area contributed by atoms with Crippen LogP contribution in [0.5, 0.6) is 0 Å². The average Bonchev–Trinajstić information content (AvgIpc) is 2.86. The van der Waals surface area contributed by atoms with Crippen LogP contribution in [0.15, 0.2) is 48.5 Å². The lowest BCUT2D eigenvalue weighted by atomic mass is 9.92. The molecule has 0 radical (unpaired) electrons. The number of urea groups is 1. The molecule has 1 atom stereocenters. The first kappa shape index (κ1) is 19.4. The number of halogens is 1. The molecule has 1 aliphatic heterocycles. The number of carbonyl (C=O) groups excluding carboxylic acids is 4. The highest BCUT2D eigenvalue weighted by molar-refractivity contribution is 6.32. The minimum atomic E-state index is -1.36. The number of anilines is 1. The Morgan fingerprint density at radius 2 is 1.79 bits per heavy atom. The molecule has 0 spiro atoms. The van der Waals surface area contributed by atoms with E-state index >= 15 is 0 Å². The normalized spacial score (nSPS) is 18.7. The van der Waals surface area contributed by atoms with Crippen molar-refractivity contribution < 1.29 is 19.2 Å². The van der Waals surface area contributed by atoms with Crippen LogP contribution in [0.1, 0.15) is 22.8 Å². The van der Waals surface area contributed by atoms with E-state index in [-0.39, 0.29) is 0 Å². The Labute approximate surface area is 165 Å². The van der Waals surface area contributed by atoms with Gasteiger partial charge in [-0.1, -0.05) is 29.8 Å². The van der Waals surface area contributed by atoms with Gasteiger partial charge in [-0.05, 0) is 37.3 Å². The van der Waals surface area contributed by atoms with Crippen molar-refractivity contribution in [2.24, 2.45) is 5.73 Å². The average molecular weight is 401 g/mol. The largest absolute Gasteiger partial charge is 0.366 e. The quantitative estimate of drug-likeness (QED) is 0.663. The van der Waals surface area contributed by atoms with Crippen molar-refractivity contribution in [1.82, 2.24) is 10.2 Å². The maximum Gasteiger partial charge on any atom is 0.325 e. The van der Waals surface area contributed by atoms with Gasteiger partial charge < -0.3 is 16.4 Å². The maximum absolute atomic E-state index is 12.9. The first-order chi connectivity index (χ1) is 13.2. The summed E-state index contributed by atoms with van der Waals surface area (Å²) in [5.41, 5.74) is 4.94. The zero-order chi connectivity index (χ0) is 20.5. The molecular weight excluding hydrogens is 384 g/mol. The summed E-state index contributed by atoms with van der Waals surface area (Å²) in [5, 5.41) is 5.49. The van der Waals surface area contributed by atoms with E-state index in [0.29, 0.717) is 21.8 Å². The minimum Gasteiger partial charge on any atom is -0.366 e. The van der Waals surface area contributed by atoms with Gasteiger partial charge in [0.25, 0.3) is 5.91 Å². The van der Waals surface area contributed by atoms with Gasteiger partial charge in [0.2, 0.25) is 11.8 Å². The lowest BCUT2D eigenvalue weighted by Crippen LogP contribution is -2.42. The first-order valence-electron chi connectivity index (χ1n) is 8.31. The molecule has 5 amide bonds. The Bertz CT molecular complexity index is 976. The topological polar surface area (TPSA) is 122 Å². The lowest BCUT2D eigenvalue weighted by molar-refractivity contribution is -0.133. The summed E-state index contributed by atoms with van der Waals surface area (Å²) in [6.45, 7) is 1.07. The zero-order valence-corrected chi connectivity index (χ0v) is 15.6. The summed E-state index contributed by atoms with van der Waals surface area (Å²) >= 11 is 6.17. The first-order valence-corrected chi connectivity index (χ1v) is 8.69. The van der Waals surface area contributed by atoms with Gasteiger partial charge in [0.1, 0.15) is 12.1 Å². The predicted molar refractivity (Wildman–Crippen MR) is 103 cm³/mol. The number of hydrogen-bond donors (Lipinski definition) is 3. The van der Waals surface area contributed by atoms with Gasteiger partial charge >= 0.3 is 6.03 Å².